The number of benzene rings is 2. The van der Waals surface area contributed by atoms with Gasteiger partial charge in [-0.1, -0.05) is 46.3 Å². The first-order chi connectivity index (χ1) is 10.6. The molecule has 1 aliphatic rings. The van der Waals surface area contributed by atoms with Gasteiger partial charge < -0.3 is 0 Å². The van der Waals surface area contributed by atoms with Gasteiger partial charge in [-0.2, -0.15) is 0 Å². The second kappa shape index (κ2) is 6.10. The summed E-state index contributed by atoms with van der Waals surface area (Å²) in [6.07, 6.45) is 1.74. The van der Waals surface area contributed by atoms with Crippen LogP contribution >= 0.6 is 27.7 Å². The number of amides is 2. The van der Waals surface area contributed by atoms with Gasteiger partial charge in [-0.05, 0) is 54.1 Å². The van der Waals surface area contributed by atoms with Crippen LogP contribution in [-0.4, -0.2) is 11.1 Å². The van der Waals surface area contributed by atoms with Crippen LogP contribution in [0.25, 0.3) is 6.08 Å². The van der Waals surface area contributed by atoms with E-state index < -0.39 is 0 Å². The molecule has 0 aliphatic carbocycles. The van der Waals surface area contributed by atoms with E-state index >= 15 is 0 Å². The number of hydrogen-bond donors (Lipinski definition) is 0. The Bertz CT molecular complexity index is 801. The molecule has 1 saturated heterocycles. The first-order valence-electron chi connectivity index (χ1n) is 6.65. The summed E-state index contributed by atoms with van der Waals surface area (Å²) in [5.74, 6) is -0.274. The average molecular weight is 374 g/mol. The molecule has 1 heterocycles. The molecule has 0 aromatic heterocycles. The van der Waals surface area contributed by atoms with Gasteiger partial charge in [0.25, 0.3) is 11.1 Å². The fourth-order valence-corrected chi connectivity index (χ4v) is 3.49. The van der Waals surface area contributed by atoms with E-state index in [1.807, 2.05) is 49.4 Å². The third kappa shape index (κ3) is 2.87. The highest BCUT2D eigenvalue weighted by Crippen LogP contribution is 2.37. The molecule has 5 heteroatoms. The molecule has 2 aromatic carbocycles. The predicted octanol–water partition coefficient (Wildman–Crippen LogP) is 5.00. The standard InChI is InChI=1S/C17H12BrNO2S/c1-11-5-2-3-8-14(11)19-16(20)15(22-17(19)21)10-12-6-4-7-13(18)9-12/h2-10H,1H3/b15-10-. The van der Waals surface area contributed by atoms with Crippen molar-refractivity contribution < 1.29 is 9.59 Å². The second-order valence-electron chi connectivity index (χ2n) is 4.86. The lowest BCUT2D eigenvalue weighted by molar-refractivity contribution is -0.113. The fraction of sp³-hybridized carbons (Fsp3) is 0.0588. The number of hydrogen-bond acceptors (Lipinski definition) is 3. The van der Waals surface area contributed by atoms with Gasteiger partial charge in [0.05, 0.1) is 10.6 Å². The minimum atomic E-state index is -0.274. The molecule has 22 heavy (non-hydrogen) atoms. The van der Waals surface area contributed by atoms with E-state index in [1.54, 1.807) is 12.1 Å². The number of nitrogens with zero attached hydrogens (tertiary/aromatic N) is 1. The summed E-state index contributed by atoms with van der Waals surface area (Å²) in [5, 5.41) is -0.263. The maximum atomic E-state index is 12.6. The highest BCUT2D eigenvalue weighted by Gasteiger charge is 2.36. The Morgan fingerprint density at radius 2 is 1.86 bits per heavy atom. The predicted molar refractivity (Wildman–Crippen MR) is 93.8 cm³/mol. The number of imide groups is 1. The first kappa shape index (κ1) is 15.1. The minimum Gasteiger partial charge on any atom is -0.268 e. The van der Waals surface area contributed by atoms with Gasteiger partial charge in [-0.25, -0.2) is 4.90 Å². The zero-order valence-corrected chi connectivity index (χ0v) is 14.1. The van der Waals surface area contributed by atoms with Crippen LogP contribution in [0.3, 0.4) is 0 Å². The highest BCUT2D eigenvalue weighted by molar-refractivity contribution is 9.10. The van der Waals surface area contributed by atoms with Gasteiger partial charge in [0.2, 0.25) is 0 Å². The third-order valence-corrected chi connectivity index (χ3v) is 4.66. The SMILES string of the molecule is Cc1ccccc1N1C(=O)S/C(=C\c2cccc(Br)c2)C1=O. The molecule has 1 aliphatic heterocycles. The van der Waals surface area contributed by atoms with Crippen molar-refractivity contribution in [1.82, 2.24) is 0 Å². The molecule has 2 amide bonds. The van der Waals surface area contributed by atoms with Crippen LogP contribution in [-0.2, 0) is 4.79 Å². The van der Waals surface area contributed by atoms with E-state index in [-0.39, 0.29) is 11.1 Å². The number of carbonyl (C=O) groups is 2. The van der Waals surface area contributed by atoms with E-state index in [2.05, 4.69) is 15.9 Å². The van der Waals surface area contributed by atoms with Crippen LogP contribution in [0.5, 0.6) is 0 Å². The molecular formula is C17H12BrNO2S. The largest absolute Gasteiger partial charge is 0.298 e. The molecular weight excluding hydrogens is 362 g/mol. The Morgan fingerprint density at radius 1 is 1.09 bits per heavy atom. The Morgan fingerprint density at radius 3 is 2.59 bits per heavy atom. The monoisotopic (exact) mass is 373 g/mol. The summed E-state index contributed by atoms with van der Waals surface area (Å²) in [6.45, 7) is 1.89. The van der Waals surface area contributed by atoms with Gasteiger partial charge in [0.1, 0.15) is 0 Å². The lowest BCUT2D eigenvalue weighted by Gasteiger charge is -2.14. The lowest BCUT2D eigenvalue weighted by Crippen LogP contribution is -2.28. The molecule has 0 radical (unpaired) electrons. The zero-order chi connectivity index (χ0) is 15.7. The Labute approximate surface area is 141 Å². The van der Waals surface area contributed by atoms with E-state index in [0.29, 0.717) is 10.6 Å². The van der Waals surface area contributed by atoms with Gasteiger partial charge in [0, 0.05) is 4.47 Å². The van der Waals surface area contributed by atoms with Crippen molar-refractivity contribution in [3.05, 3.63) is 69.0 Å². The van der Waals surface area contributed by atoms with E-state index in [9.17, 15) is 9.59 Å². The van der Waals surface area contributed by atoms with Crippen molar-refractivity contribution in [2.45, 2.75) is 6.92 Å². The van der Waals surface area contributed by atoms with Crippen molar-refractivity contribution in [2.75, 3.05) is 4.90 Å². The Balaban J connectivity index is 1.97. The van der Waals surface area contributed by atoms with Gasteiger partial charge in [-0.3, -0.25) is 9.59 Å². The number of halogens is 1. The third-order valence-electron chi connectivity index (χ3n) is 3.30. The summed E-state index contributed by atoms with van der Waals surface area (Å²) < 4.78 is 0.930. The van der Waals surface area contributed by atoms with Gasteiger partial charge in [-0.15, -0.1) is 0 Å². The van der Waals surface area contributed by atoms with Crippen molar-refractivity contribution in [3.63, 3.8) is 0 Å². The van der Waals surface area contributed by atoms with Crippen molar-refractivity contribution in [1.29, 1.82) is 0 Å². The molecule has 0 N–H and O–H groups in total. The molecule has 3 nitrogen and oxygen atoms in total. The molecule has 2 aromatic rings. The molecule has 0 atom stereocenters. The normalized spacial score (nSPS) is 16.6. The summed E-state index contributed by atoms with van der Waals surface area (Å²) in [4.78, 5) is 26.5. The number of aryl methyl sites for hydroxylation is 1. The van der Waals surface area contributed by atoms with Crippen LogP contribution in [0.2, 0.25) is 0 Å². The summed E-state index contributed by atoms with van der Waals surface area (Å²) >= 11 is 4.37. The first-order valence-corrected chi connectivity index (χ1v) is 8.26. The maximum Gasteiger partial charge on any atom is 0.298 e. The van der Waals surface area contributed by atoms with Crippen molar-refractivity contribution in [2.24, 2.45) is 0 Å². The van der Waals surface area contributed by atoms with E-state index in [0.717, 1.165) is 27.4 Å². The van der Waals surface area contributed by atoms with E-state index in [4.69, 9.17) is 0 Å². The van der Waals surface area contributed by atoms with Crippen LogP contribution in [0.15, 0.2) is 57.9 Å². The molecule has 0 saturated carbocycles. The van der Waals surface area contributed by atoms with Gasteiger partial charge in [0.15, 0.2) is 0 Å². The van der Waals surface area contributed by atoms with Crippen molar-refractivity contribution >= 4 is 50.6 Å². The summed E-state index contributed by atoms with van der Waals surface area (Å²) in [6, 6.07) is 15.0. The average Bonchev–Trinajstić information content (AvgIpc) is 2.74. The molecule has 0 spiro atoms. The summed E-state index contributed by atoms with van der Waals surface area (Å²) in [5.41, 5.74) is 2.42. The number of carbonyl (C=O) groups excluding carboxylic acids is 2. The van der Waals surface area contributed by atoms with Crippen LogP contribution in [0.1, 0.15) is 11.1 Å². The Kier molecular flexibility index (Phi) is 4.18. The number of para-hydroxylation sites is 1. The van der Waals surface area contributed by atoms with E-state index in [1.165, 1.54) is 4.90 Å². The molecule has 0 unspecified atom stereocenters. The smallest absolute Gasteiger partial charge is 0.268 e. The zero-order valence-electron chi connectivity index (χ0n) is 11.7. The number of thioether (sulfide) groups is 1. The van der Waals surface area contributed by atoms with Crippen LogP contribution < -0.4 is 4.90 Å². The summed E-state index contributed by atoms with van der Waals surface area (Å²) in [7, 11) is 0. The van der Waals surface area contributed by atoms with Crippen LogP contribution in [0, 0.1) is 6.92 Å². The molecule has 3 rings (SSSR count). The molecule has 1 fully saturated rings. The quantitative estimate of drug-likeness (QED) is 0.695. The maximum absolute atomic E-state index is 12.6. The molecule has 0 bridgehead atoms. The topological polar surface area (TPSA) is 37.4 Å². The fourth-order valence-electron chi connectivity index (χ4n) is 2.24. The lowest BCUT2D eigenvalue weighted by atomic mass is 10.1. The molecule has 110 valence electrons. The van der Waals surface area contributed by atoms with Crippen LogP contribution in [0.4, 0.5) is 10.5 Å². The second-order valence-corrected chi connectivity index (χ2v) is 6.77. The van der Waals surface area contributed by atoms with Gasteiger partial charge >= 0.3 is 0 Å². The number of rotatable bonds is 2. The minimum absolute atomic E-state index is 0.263. The van der Waals surface area contributed by atoms with Crippen molar-refractivity contribution in [3.8, 4) is 0 Å². The highest BCUT2D eigenvalue weighted by atomic mass is 79.9. The number of anilines is 1. The Hall–Kier alpha value is -1.85.